The second-order valence-electron chi connectivity index (χ2n) is 4.28. The van der Waals surface area contributed by atoms with E-state index >= 15 is 0 Å². The van der Waals surface area contributed by atoms with Crippen molar-refractivity contribution < 1.29 is 9.53 Å². The van der Waals surface area contributed by atoms with E-state index in [0.29, 0.717) is 13.0 Å². The summed E-state index contributed by atoms with van der Waals surface area (Å²) in [5.41, 5.74) is 1.74. The lowest BCUT2D eigenvalue weighted by Gasteiger charge is -2.08. The van der Waals surface area contributed by atoms with Crippen molar-refractivity contribution in [2.45, 2.75) is 13.3 Å². The molecule has 0 aliphatic carbocycles. The van der Waals surface area contributed by atoms with Crippen LogP contribution in [-0.2, 0) is 11.2 Å². The maximum atomic E-state index is 12.0. The number of carbonyl (C=O) groups is 1. The second-order valence-corrected chi connectivity index (χ2v) is 5.14. The molecule has 0 heterocycles. The Morgan fingerprint density at radius 1 is 1.15 bits per heavy atom. The van der Waals surface area contributed by atoms with Crippen LogP contribution in [-0.4, -0.2) is 12.5 Å². The molecule has 0 aromatic heterocycles. The summed E-state index contributed by atoms with van der Waals surface area (Å²) in [5, 5.41) is 2.88. The van der Waals surface area contributed by atoms with Gasteiger partial charge in [-0.2, -0.15) is 0 Å². The molecule has 20 heavy (non-hydrogen) atoms. The molecule has 2 aromatic carbocycles. The molecule has 0 unspecified atom stereocenters. The van der Waals surface area contributed by atoms with Crippen LogP contribution in [0, 0.1) is 0 Å². The quantitative estimate of drug-likeness (QED) is 0.897. The maximum Gasteiger partial charge on any atom is 0.228 e. The Morgan fingerprint density at radius 3 is 2.50 bits per heavy atom. The van der Waals surface area contributed by atoms with Crippen molar-refractivity contribution in [2.75, 3.05) is 11.9 Å². The SMILES string of the molecule is CCOc1ccc(CC(=O)Nc2ccccc2Br)cc1. The molecule has 2 rings (SSSR count). The lowest BCUT2D eigenvalue weighted by molar-refractivity contribution is -0.115. The number of para-hydroxylation sites is 1. The third kappa shape index (κ3) is 4.10. The van der Waals surface area contributed by atoms with Crippen molar-refractivity contribution in [1.82, 2.24) is 0 Å². The molecule has 0 atom stereocenters. The van der Waals surface area contributed by atoms with Crippen molar-refractivity contribution in [1.29, 1.82) is 0 Å². The van der Waals surface area contributed by atoms with Crippen LogP contribution in [0.3, 0.4) is 0 Å². The van der Waals surface area contributed by atoms with E-state index in [1.54, 1.807) is 0 Å². The largest absolute Gasteiger partial charge is 0.494 e. The number of carbonyl (C=O) groups excluding carboxylic acids is 1. The average molecular weight is 334 g/mol. The Balaban J connectivity index is 1.96. The zero-order valence-electron chi connectivity index (χ0n) is 11.2. The number of benzene rings is 2. The molecule has 1 N–H and O–H groups in total. The van der Waals surface area contributed by atoms with Crippen molar-refractivity contribution >= 4 is 27.5 Å². The van der Waals surface area contributed by atoms with Crippen LogP contribution in [0.2, 0.25) is 0 Å². The predicted octanol–water partition coefficient (Wildman–Crippen LogP) is 4.03. The standard InChI is InChI=1S/C16H16BrNO2/c1-2-20-13-9-7-12(8-10-13)11-16(19)18-15-6-4-3-5-14(15)17/h3-10H,2,11H2,1H3,(H,18,19). The van der Waals surface area contributed by atoms with Gasteiger partial charge in [-0.1, -0.05) is 24.3 Å². The number of rotatable bonds is 5. The summed E-state index contributed by atoms with van der Waals surface area (Å²) >= 11 is 3.41. The maximum absolute atomic E-state index is 12.0. The van der Waals surface area contributed by atoms with Crippen LogP contribution in [0.15, 0.2) is 53.0 Å². The van der Waals surface area contributed by atoms with Gasteiger partial charge in [-0.15, -0.1) is 0 Å². The summed E-state index contributed by atoms with van der Waals surface area (Å²) in [6.07, 6.45) is 0.341. The van der Waals surface area contributed by atoms with E-state index in [1.165, 1.54) is 0 Å². The molecule has 0 saturated carbocycles. The number of hydrogen-bond acceptors (Lipinski definition) is 2. The van der Waals surface area contributed by atoms with Crippen LogP contribution in [0.25, 0.3) is 0 Å². The van der Waals surface area contributed by atoms with Gasteiger partial charge in [0.2, 0.25) is 5.91 Å². The molecule has 104 valence electrons. The first-order chi connectivity index (χ1) is 9.69. The van der Waals surface area contributed by atoms with Crippen molar-refractivity contribution in [3.63, 3.8) is 0 Å². The Bertz CT molecular complexity index is 581. The lowest BCUT2D eigenvalue weighted by Crippen LogP contribution is -2.14. The minimum absolute atomic E-state index is 0.0407. The van der Waals surface area contributed by atoms with Gasteiger partial charge in [-0.05, 0) is 52.7 Å². The molecular formula is C16H16BrNO2. The Morgan fingerprint density at radius 2 is 1.85 bits per heavy atom. The van der Waals surface area contributed by atoms with Gasteiger partial charge in [0, 0.05) is 4.47 Å². The van der Waals surface area contributed by atoms with Gasteiger partial charge in [0.1, 0.15) is 5.75 Å². The highest BCUT2D eigenvalue weighted by Gasteiger charge is 2.06. The molecule has 0 radical (unpaired) electrons. The number of ether oxygens (including phenoxy) is 1. The molecule has 3 nitrogen and oxygen atoms in total. The summed E-state index contributed by atoms with van der Waals surface area (Å²) < 4.78 is 6.25. The fourth-order valence-electron chi connectivity index (χ4n) is 1.81. The summed E-state index contributed by atoms with van der Waals surface area (Å²) in [4.78, 5) is 12.0. The second kappa shape index (κ2) is 7.10. The highest BCUT2D eigenvalue weighted by Crippen LogP contribution is 2.21. The summed E-state index contributed by atoms with van der Waals surface area (Å²) in [5.74, 6) is 0.781. The van der Waals surface area contributed by atoms with E-state index in [4.69, 9.17) is 4.74 Å². The van der Waals surface area contributed by atoms with E-state index in [2.05, 4.69) is 21.2 Å². The number of amides is 1. The van der Waals surface area contributed by atoms with E-state index in [1.807, 2.05) is 55.5 Å². The fraction of sp³-hybridized carbons (Fsp3) is 0.188. The molecule has 0 aliphatic heterocycles. The normalized spacial score (nSPS) is 10.1. The van der Waals surface area contributed by atoms with Crippen LogP contribution in [0.4, 0.5) is 5.69 Å². The van der Waals surface area contributed by atoms with Gasteiger partial charge >= 0.3 is 0 Å². The number of nitrogens with one attached hydrogen (secondary N) is 1. The van der Waals surface area contributed by atoms with E-state index in [-0.39, 0.29) is 5.91 Å². The first kappa shape index (κ1) is 14.6. The van der Waals surface area contributed by atoms with Gasteiger partial charge in [0.15, 0.2) is 0 Å². The van der Waals surface area contributed by atoms with Gasteiger partial charge < -0.3 is 10.1 Å². The highest BCUT2D eigenvalue weighted by atomic mass is 79.9. The molecule has 0 saturated heterocycles. The smallest absolute Gasteiger partial charge is 0.228 e. The van der Waals surface area contributed by atoms with Crippen LogP contribution < -0.4 is 10.1 Å². The molecule has 0 bridgehead atoms. The monoisotopic (exact) mass is 333 g/mol. The van der Waals surface area contributed by atoms with Crippen LogP contribution in [0.5, 0.6) is 5.75 Å². The highest BCUT2D eigenvalue weighted by molar-refractivity contribution is 9.10. The van der Waals surface area contributed by atoms with E-state index in [0.717, 1.165) is 21.5 Å². The van der Waals surface area contributed by atoms with Crippen LogP contribution >= 0.6 is 15.9 Å². The summed E-state index contributed by atoms with van der Waals surface area (Å²) in [7, 11) is 0. The predicted molar refractivity (Wildman–Crippen MR) is 84.1 cm³/mol. The zero-order chi connectivity index (χ0) is 14.4. The third-order valence-electron chi connectivity index (χ3n) is 2.75. The van der Waals surface area contributed by atoms with Gasteiger partial charge in [-0.25, -0.2) is 0 Å². The van der Waals surface area contributed by atoms with Gasteiger partial charge in [0.05, 0.1) is 18.7 Å². The first-order valence-electron chi connectivity index (χ1n) is 6.45. The molecule has 2 aromatic rings. The number of anilines is 1. The molecule has 4 heteroatoms. The third-order valence-corrected chi connectivity index (χ3v) is 3.44. The minimum Gasteiger partial charge on any atom is -0.494 e. The Kier molecular flexibility index (Phi) is 5.18. The van der Waals surface area contributed by atoms with Gasteiger partial charge in [-0.3, -0.25) is 4.79 Å². The van der Waals surface area contributed by atoms with Crippen molar-refractivity contribution in [3.05, 3.63) is 58.6 Å². The van der Waals surface area contributed by atoms with E-state index in [9.17, 15) is 4.79 Å². The summed E-state index contributed by atoms with van der Waals surface area (Å²) in [6.45, 7) is 2.58. The Hall–Kier alpha value is -1.81. The molecule has 0 fully saturated rings. The average Bonchev–Trinajstić information content (AvgIpc) is 2.44. The fourth-order valence-corrected chi connectivity index (χ4v) is 2.20. The zero-order valence-corrected chi connectivity index (χ0v) is 12.8. The van der Waals surface area contributed by atoms with Gasteiger partial charge in [0.25, 0.3) is 0 Å². The van der Waals surface area contributed by atoms with Crippen molar-refractivity contribution in [2.24, 2.45) is 0 Å². The lowest BCUT2D eigenvalue weighted by atomic mass is 10.1. The van der Waals surface area contributed by atoms with E-state index < -0.39 is 0 Å². The van der Waals surface area contributed by atoms with Crippen LogP contribution in [0.1, 0.15) is 12.5 Å². The number of hydrogen-bond donors (Lipinski definition) is 1. The first-order valence-corrected chi connectivity index (χ1v) is 7.24. The topological polar surface area (TPSA) is 38.3 Å². The summed E-state index contributed by atoms with van der Waals surface area (Å²) in [6, 6.07) is 15.1. The number of halogens is 1. The molecule has 0 spiro atoms. The molecule has 1 amide bonds. The minimum atomic E-state index is -0.0407. The van der Waals surface area contributed by atoms with Crippen molar-refractivity contribution in [3.8, 4) is 5.75 Å². The Labute approximate surface area is 127 Å². The molecule has 0 aliphatic rings. The molecular weight excluding hydrogens is 318 g/mol.